The Morgan fingerprint density at radius 3 is 2.26 bits per heavy atom. The maximum absolute atomic E-state index is 13.0. The molecule has 0 bridgehead atoms. The van der Waals surface area contributed by atoms with E-state index in [0.29, 0.717) is 31.1 Å². The number of hydrogen-bond acceptors (Lipinski definition) is 4. The zero-order chi connectivity index (χ0) is 19.8. The average Bonchev–Trinajstić information content (AvgIpc) is 3.01. The number of thiophene rings is 1. The lowest BCUT2D eigenvalue weighted by molar-refractivity contribution is 0.0702. The van der Waals surface area contributed by atoms with Crippen LogP contribution in [0.2, 0.25) is 0 Å². The Bertz CT molecular complexity index is 956. The topological polar surface area (TPSA) is 57.7 Å². The third-order valence-corrected chi connectivity index (χ3v) is 8.45. The number of nitrogens with zero attached hydrogens (tertiary/aromatic N) is 2. The molecule has 0 atom stereocenters. The van der Waals surface area contributed by atoms with Gasteiger partial charge < -0.3 is 4.90 Å². The van der Waals surface area contributed by atoms with E-state index in [1.807, 2.05) is 39.0 Å². The van der Waals surface area contributed by atoms with Crippen molar-refractivity contribution in [3.8, 4) is 0 Å². The molecule has 1 fully saturated rings. The number of amides is 1. The maximum Gasteiger partial charge on any atom is 0.264 e. The normalized spacial score (nSPS) is 15.9. The van der Waals surface area contributed by atoms with E-state index in [9.17, 15) is 13.2 Å². The monoisotopic (exact) mass is 406 g/mol. The zero-order valence-electron chi connectivity index (χ0n) is 16.3. The van der Waals surface area contributed by atoms with Gasteiger partial charge in [-0.05, 0) is 50.5 Å². The van der Waals surface area contributed by atoms with Crippen LogP contribution in [0.3, 0.4) is 0 Å². The molecule has 0 unspecified atom stereocenters. The molecule has 2 heterocycles. The third kappa shape index (κ3) is 3.95. The molecule has 146 valence electrons. The van der Waals surface area contributed by atoms with Crippen LogP contribution in [0, 0.1) is 20.8 Å². The van der Waals surface area contributed by atoms with Crippen molar-refractivity contribution in [1.29, 1.82) is 0 Å². The molecule has 1 aromatic heterocycles. The summed E-state index contributed by atoms with van der Waals surface area (Å²) in [5.74, 6) is 0.00589. The fraction of sp³-hybridized carbons (Fsp3) is 0.450. The van der Waals surface area contributed by atoms with Gasteiger partial charge in [0.05, 0.1) is 9.77 Å². The van der Waals surface area contributed by atoms with Gasteiger partial charge in [0.1, 0.15) is 0 Å². The Hall–Kier alpha value is -1.70. The van der Waals surface area contributed by atoms with Crippen molar-refractivity contribution >= 4 is 27.3 Å². The summed E-state index contributed by atoms with van der Waals surface area (Å²) >= 11 is 1.54. The van der Waals surface area contributed by atoms with Gasteiger partial charge in [0, 0.05) is 31.1 Å². The quantitative estimate of drug-likeness (QED) is 0.782. The zero-order valence-corrected chi connectivity index (χ0v) is 17.9. The fourth-order valence-corrected chi connectivity index (χ4v) is 6.20. The van der Waals surface area contributed by atoms with Crippen LogP contribution < -0.4 is 0 Å². The van der Waals surface area contributed by atoms with Crippen molar-refractivity contribution in [2.45, 2.75) is 39.0 Å². The van der Waals surface area contributed by atoms with Crippen LogP contribution in [0.5, 0.6) is 0 Å². The van der Waals surface area contributed by atoms with E-state index in [1.54, 1.807) is 22.3 Å². The molecule has 5 nitrogen and oxygen atoms in total. The number of hydrogen-bond donors (Lipinski definition) is 0. The summed E-state index contributed by atoms with van der Waals surface area (Å²) < 4.78 is 27.4. The minimum Gasteiger partial charge on any atom is -0.335 e. The average molecular weight is 407 g/mol. The van der Waals surface area contributed by atoms with Crippen molar-refractivity contribution in [2.75, 3.05) is 26.2 Å². The molecule has 0 spiro atoms. The molecule has 2 aromatic rings. The highest BCUT2D eigenvalue weighted by Gasteiger charge is 2.31. The van der Waals surface area contributed by atoms with E-state index in [4.69, 9.17) is 0 Å². The van der Waals surface area contributed by atoms with Crippen LogP contribution >= 0.6 is 11.3 Å². The number of sulfonamides is 1. The summed E-state index contributed by atoms with van der Waals surface area (Å²) in [6.45, 7) is 9.37. The number of piperazine rings is 1. The second-order valence-electron chi connectivity index (χ2n) is 7.04. The number of carbonyl (C=O) groups excluding carboxylic acids is 1. The molecule has 3 rings (SSSR count). The van der Waals surface area contributed by atoms with Gasteiger partial charge in [-0.1, -0.05) is 24.6 Å². The maximum atomic E-state index is 13.0. The number of aryl methyl sites for hydroxylation is 4. The molecular formula is C20H26N2O3S2. The summed E-state index contributed by atoms with van der Waals surface area (Å²) in [5, 5.41) is 0. The highest BCUT2D eigenvalue weighted by Crippen LogP contribution is 2.26. The molecule has 0 N–H and O–H groups in total. The Labute approximate surface area is 165 Å². The van der Waals surface area contributed by atoms with Gasteiger partial charge in [0.15, 0.2) is 0 Å². The highest BCUT2D eigenvalue weighted by molar-refractivity contribution is 7.89. The summed E-state index contributed by atoms with van der Waals surface area (Å²) in [6.07, 6.45) is 0.922. The SMILES string of the molecule is CCc1sc(C(=O)N2CCN(S(=O)(=O)c3ccc(C)cc3C)CC2)cc1C. The van der Waals surface area contributed by atoms with Crippen LogP contribution in [0.1, 0.15) is 38.2 Å². The molecule has 1 saturated heterocycles. The smallest absolute Gasteiger partial charge is 0.264 e. The Morgan fingerprint density at radius 1 is 1.04 bits per heavy atom. The number of benzene rings is 1. The van der Waals surface area contributed by atoms with Crippen molar-refractivity contribution in [1.82, 2.24) is 9.21 Å². The Balaban J connectivity index is 1.71. The van der Waals surface area contributed by atoms with E-state index in [0.717, 1.165) is 28.0 Å². The summed E-state index contributed by atoms with van der Waals surface area (Å²) in [4.78, 5) is 16.9. The van der Waals surface area contributed by atoms with E-state index >= 15 is 0 Å². The molecule has 27 heavy (non-hydrogen) atoms. The summed E-state index contributed by atoms with van der Waals surface area (Å²) in [6, 6.07) is 7.34. The summed E-state index contributed by atoms with van der Waals surface area (Å²) in [7, 11) is -3.53. The number of rotatable bonds is 4. The first kappa shape index (κ1) is 20.0. The van der Waals surface area contributed by atoms with E-state index in [-0.39, 0.29) is 5.91 Å². The standard InChI is InChI=1S/C20H26N2O3S2/c1-5-17-15(3)13-18(26-17)20(23)21-8-10-22(11-9-21)27(24,25)19-7-6-14(2)12-16(19)4/h6-7,12-13H,5,8-11H2,1-4H3. The largest absolute Gasteiger partial charge is 0.335 e. The van der Waals surface area contributed by atoms with Gasteiger partial charge in [-0.25, -0.2) is 8.42 Å². The second kappa shape index (κ2) is 7.73. The second-order valence-corrected chi connectivity index (χ2v) is 10.1. The molecule has 1 aliphatic heterocycles. The van der Waals surface area contributed by atoms with Gasteiger partial charge in [0.2, 0.25) is 10.0 Å². The van der Waals surface area contributed by atoms with Gasteiger partial charge in [0.25, 0.3) is 5.91 Å². The van der Waals surface area contributed by atoms with E-state index < -0.39 is 10.0 Å². The minimum atomic E-state index is -3.53. The van der Waals surface area contributed by atoms with Crippen LogP contribution in [0.25, 0.3) is 0 Å². The molecule has 7 heteroatoms. The number of carbonyl (C=O) groups is 1. The highest BCUT2D eigenvalue weighted by atomic mass is 32.2. The van der Waals surface area contributed by atoms with Crippen LogP contribution in [-0.4, -0.2) is 49.7 Å². The lowest BCUT2D eigenvalue weighted by atomic mass is 10.2. The first-order chi connectivity index (χ1) is 12.7. The van der Waals surface area contributed by atoms with Crippen molar-refractivity contribution in [3.05, 3.63) is 50.7 Å². The molecular weight excluding hydrogens is 380 g/mol. The van der Waals surface area contributed by atoms with E-state index in [1.165, 1.54) is 9.18 Å². The lowest BCUT2D eigenvalue weighted by Crippen LogP contribution is -2.50. The Morgan fingerprint density at radius 2 is 1.70 bits per heavy atom. The van der Waals surface area contributed by atoms with Crippen molar-refractivity contribution in [2.24, 2.45) is 0 Å². The third-order valence-electron chi connectivity index (χ3n) is 5.03. The van der Waals surface area contributed by atoms with Crippen LogP contribution in [0.4, 0.5) is 0 Å². The predicted molar refractivity (Wildman–Crippen MR) is 109 cm³/mol. The fourth-order valence-electron chi connectivity index (χ4n) is 3.49. The summed E-state index contributed by atoms with van der Waals surface area (Å²) in [5.41, 5.74) is 2.95. The molecule has 0 saturated carbocycles. The minimum absolute atomic E-state index is 0.00589. The van der Waals surface area contributed by atoms with Gasteiger partial charge in [-0.3, -0.25) is 4.79 Å². The van der Waals surface area contributed by atoms with Crippen LogP contribution in [-0.2, 0) is 16.4 Å². The van der Waals surface area contributed by atoms with E-state index in [2.05, 4.69) is 6.92 Å². The van der Waals surface area contributed by atoms with Crippen molar-refractivity contribution in [3.63, 3.8) is 0 Å². The first-order valence-electron chi connectivity index (χ1n) is 9.20. The van der Waals surface area contributed by atoms with Crippen LogP contribution in [0.15, 0.2) is 29.2 Å². The van der Waals surface area contributed by atoms with Gasteiger partial charge in [-0.2, -0.15) is 4.31 Å². The first-order valence-corrected chi connectivity index (χ1v) is 11.5. The predicted octanol–water partition coefficient (Wildman–Crippen LogP) is 3.38. The Kier molecular flexibility index (Phi) is 5.74. The molecule has 1 amide bonds. The molecule has 1 aromatic carbocycles. The molecule has 1 aliphatic rings. The van der Waals surface area contributed by atoms with Gasteiger partial charge >= 0.3 is 0 Å². The lowest BCUT2D eigenvalue weighted by Gasteiger charge is -2.34. The molecule has 0 radical (unpaired) electrons. The molecule has 0 aliphatic carbocycles. The van der Waals surface area contributed by atoms with Gasteiger partial charge in [-0.15, -0.1) is 11.3 Å². The van der Waals surface area contributed by atoms with Crippen molar-refractivity contribution < 1.29 is 13.2 Å².